The number of aromatic nitrogens is 4. The lowest BCUT2D eigenvalue weighted by molar-refractivity contribution is 0.0697. The van der Waals surface area contributed by atoms with Gasteiger partial charge in [0.25, 0.3) is 0 Å². The third-order valence-corrected chi connectivity index (χ3v) is 5.97. The van der Waals surface area contributed by atoms with Gasteiger partial charge in [-0.1, -0.05) is 11.3 Å². The fourth-order valence-corrected chi connectivity index (χ4v) is 3.93. The van der Waals surface area contributed by atoms with Gasteiger partial charge >= 0.3 is 5.97 Å². The van der Waals surface area contributed by atoms with Gasteiger partial charge in [0.1, 0.15) is 5.69 Å². The number of nitrogens with zero attached hydrogens (tertiary/aromatic N) is 4. The fourth-order valence-electron chi connectivity index (χ4n) is 2.55. The second-order valence-corrected chi connectivity index (χ2v) is 8.14. The van der Waals surface area contributed by atoms with Crippen LogP contribution in [0.25, 0.3) is 17.1 Å². The minimum Gasteiger partial charge on any atom is -0.478 e. The molecule has 0 radical (unpaired) electrons. The molecule has 0 atom stereocenters. The van der Waals surface area contributed by atoms with Crippen molar-refractivity contribution in [3.8, 4) is 17.1 Å². The van der Waals surface area contributed by atoms with Gasteiger partial charge in [-0.3, -0.25) is 9.71 Å². The number of nitrogens with one attached hydrogen (secondary N) is 1. The van der Waals surface area contributed by atoms with Crippen molar-refractivity contribution < 1.29 is 18.3 Å². The number of carbonyl (C=O) groups is 1. The molecule has 1 fully saturated rings. The summed E-state index contributed by atoms with van der Waals surface area (Å²) in [4.78, 5) is 15.2. The fraction of sp³-hybridized carbons (Fsp3) is 0.176. The minimum absolute atomic E-state index is 0.103. The molecule has 2 heterocycles. The number of sulfonamides is 1. The Morgan fingerprint density at radius 1 is 1.19 bits per heavy atom. The first-order valence-electron chi connectivity index (χ1n) is 8.16. The average Bonchev–Trinajstić information content (AvgIpc) is 3.40. The molecule has 0 amide bonds. The number of benzene rings is 1. The molecule has 4 rings (SSSR count). The number of carboxylic acid groups (broad SMARTS) is 1. The molecule has 0 aliphatic heterocycles. The van der Waals surface area contributed by atoms with Crippen molar-refractivity contribution in [2.45, 2.75) is 18.1 Å². The molecule has 27 heavy (non-hydrogen) atoms. The highest BCUT2D eigenvalue weighted by Gasteiger charge is 2.35. The van der Waals surface area contributed by atoms with Crippen molar-refractivity contribution in [2.75, 3.05) is 4.72 Å². The zero-order valence-corrected chi connectivity index (χ0v) is 14.8. The van der Waals surface area contributed by atoms with Crippen LogP contribution in [-0.2, 0) is 10.0 Å². The Labute approximate surface area is 154 Å². The summed E-state index contributed by atoms with van der Waals surface area (Å²) in [5, 5.41) is 16.8. The summed E-state index contributed by atoms with van der Waals surface area (Å²) in [7, 11) is -3.35. The molecule has 0 unspecified atom stereocenters. The predicted molar refractivity (Wildman–Crippen MR) is 97.1 cm³/mol. The first-order chi connectivity index (χ1) is 12.9. The highest BCUT2D eigenvalue weighted by molar-refractivity contribution is 7.93. The van der Waals surface area contributed by atoms with Gasteiger partial charge in [-0.15, -0.1) is 5.10 Å². The van der Waals surface area contributed by atoms with Gasteiger partial charge < -0.3 is 5.11 Å². The second-order valence-electron chi connectivity index (χ2n) is 6.18. The Hall–Kier alpha value is -3.27. The van der Waals surface area contributed by atoms with Crippen molar-refractivity contribution in [1.82, 2.24) is 20.0 Å². The molecule has 1 aromatic carbocycles. The van der Waals surface area contributed by atoms with Gasteiger partial charge in [0.2, 0.25) is 10.0 Å². The van der Waals surface area contributed by atoms with Crippen LogP contribution in [0.15, 0.2) is 48.8 Å². The van der Waals surface area contributed by atoms with Crippen LogP contribution in [0.1, 0.15) is 23.2 Å². The Kier molecular flexibility index (Phi) is 4.11. The molecule has 1 aliphatic carbocycles. The van der Waals surface area contributed by atoms with Gasteiger partial charge in [0.15, 0.2) is 0 Å². The Bertz CT molecular complexity index is 1120. The summed E-state index contributed by atoms with van der Waals surface area (Å²) in [6.07, 6.45) is 4.36. The summed E-state index contributed by atoms with van der Waals surface area (Å²) < 4.78 is 28.2. The van der Waals surface area contributed by atoms with E-state index in [-0.39, 0.29) is 10.8 Å². The van der Waals surface area contributed by atoms with Gasteiger partial charge in [0.05, 0.1) is 34.1 Å². The Balaban J connectivity index is 1.61. The molecule has 1 aliphatic rings. The molecule has 10 heteroatoms. The van der Waals surface area contributed by atoms with Gasteiger partial charge in [-0.25, -0.2) is 17.9 Å². The van der Waals surface area contributed by atoms with Crippen LogP contribution >= 0.6 is 0 Å². The van der Waals surface area contributed by atoms with E-state index in [1.165, 1.54) is 23.0 Å². The van der Waals surface area contributed by atoms with Crippen molar-refractivity contribution in [3.63, 3.8) is 0 Å². The average molecular weight is 385 g/mol. The number of hydrogen-bond donors (Lipinski definition) is 2. The lowest BCUT2D eigenvalue weighted by atomic mass is 10.2. The van der Waals surface area contributed by atoms with Gasteiger partial charge in [-0.2, -0.15) is 0 Å². The first kappa shape index (κ1) is 17.2. The standard InChI is InChI=1S/C17H15N5O4S/c23-17(24)11-6-7-18-15(8-11)16-10-22(21-19-16)13-3-1-2-12(9-13)20-27(25,26)14-4-5-14/h1-3,6-10,14,20H,4-5H2,(H,23,24). The summed E-state index contributed by atoms with van der Waals surface area (Å²) in [6, 6.07) is 9.60. The van der Waals surface area contributed by atoms with Crippen LogP contribution in [0.2, 0.25) is 0 Å². The minimum atomic E-state index is -3.35. The van der Waals surface area contributed by atoms with Crippen LogP contribution in [0.5, 0.6) is 0 Å². The number of pyridine rings is 1. The molecule has 3 aromatic rings. The maximum Gasteiger partial charge on any atom is 0.335 e. The Morgan fingerprint density at radius 2 is 2.00 bits per heavy atom. The highest BCUT2D eigenvalue weighted by atomic mass is 32.2. The maximum absolute atomic E-state index is 12.1. The van der Waals surface area contributed by atoms with E-state index in [4.69, 9.17) is 5.11 Å². The quantitative estimate of drug-likeness (QED) is 0.664. The van der Waals surface area contributed by atoms with E-state index < -0.39 is 16.0 Å². The molecule has 138 valence electrons. The molecule has 2 aromatic heterocycles. The molecule has 1 saturated carbocycles. The van der Waals surface area contributed by atoms with E-state index in [1.807, 2.05) is 0 Å². The van der Waals surface area contributed by atoms with Crippen molar-refractivity contribution in [2.24, 2.45) is 0 Å². The number of hydrogen-bond acceptors (Lipinski definition) is 6. The zero-order valence-electron chi connectivity index (χ0n) is 14.0. The monoisotopic (exact) mass is 385 g/mol. The van der Waals surface area contributed by atoms with Crippen molar-refractivity contribution in [1.29, 1.82) is 0 Å². The third-order valence-electron chi connectivity index (χ3n) is 4.10. The maximum atomic E-state index is 12.1. The van der Waals surface area contributed by atoms with Gasteiger partial charge in [-0.05, 0) is 43.2 Å². The van der Waals surface area contributed by atoms with Crippen molar-refractivity contribution in [3.05, 3.63) is 54.4 Å². The van der Waals surface area contributed by atoms with E-state index in [0.717, 1.165) is 0 Å². The van der Waals surface area contributed by atoms with Crippen LogP contribution < -0.4 is 4.72 Å². The largest absolute Gasteiger partial charge is 0.478 e. The molecule has 0 bridgehead atoms. The lowest BCUT2D eigenvalue weighted by Crippen LogP contribution is -2.17. The van der Waals surface area contributed by atoms with E-state index in [9.17, 15) is 13.2 Å². The smallest absolute Gasteiger partial charge is 0.335 e. The van der Waals surface area contributed by atoms with E-state index in [2.05, 4.69) is 20.0 Å². The number of carboxylic acids is 1. The van der Waals surface area contributed by atoms with Crippen LogP contribution in [0, 0.1) is 0 Å². The zero-order chi connectivity index (χ0) is 19.0. The molecular weight excluding hydrogens is 370 g/mol. The number of anilines is 1. The number of rotatable bonds is 6. The summed E-state index contributed by atoms with van der Waals surface area (Å²) in [5.41, 5.74) is 1.95. The topological polar surface area (TPSA) is 127 Å². The number of aromatic carboxylic acids is 1. The molecular formula is C17H15N5O4S. The third kappa shape index (κ3) is 3.65. The molecule has 9 nitrogen and oxygen atoms in total. The molecule has 0 spiro atoms. The Morgan fingerprint density at radius 3 is 2.74 bits per heavy atom. The van der Waals surface area contributed by atoms with E-state index in [1.54, 1.807) is 30.5 Å². The highest BCUT2D eigenvalue weighted by Crippen LogP contribution is 2.30. The SMILES string of the molecule is O=C(O)c1ccnc(-c2cn(-c3cccc(NS(=O)(=O)C4CC4)c3)nn2)c1. The van der Waals surface area contributed by atoms with Crippen LogP contribution in [0.4, 0.5) is 5.69 Å². The predicted octanol–water partition coefficient (Wildman–Crippen LogP) is 1.93. The summed E-state index contributed by atoms with van der Waals surface area (Å²) >= 11 is 0. The summed E-state index contributed by atoms with van der Waals surface area (Å²) in [5.74, 6) is -1.05. The summed E-state index contributed by atoms with van der Waals surface area (Å²) in [6.45, 7) is 0. The molecule has 0 saturated heterocycles. The normalized spacial score (nSPS) is 14.1. The van der Waals surface area contributed by atoms with Crippen molar-refractivity contribution >= 4 is 21.7 Å². The van der Waals surface area contributed by atoms with Gasteiger partial charge in [0, 0.05) is 6.20 Å². The first-order valence-corrected chi connectivity index (χ1v) is 9.71. The second kappa shape index (κ2) is 6.47. The van der Waals surface area contributed by atoms with E-state index >= 15 is 0 Å². The van der Waals surface area contributed by atoms with Crippen LogP contribution in [0.3, 0.4) is 0 Å². The van der Waals surface area contributed by atoms with E-state index in [0.29, 0.717) is 35.6 Å². The lowest BCUT2D eigenvalue weighted by Gasteiger charge is -2.08. The molecule has 2 N–H and O–H groups in total. The van der Waals surface area contributed by atoms with Crippen LogP contribution in [-0.4, -0.2) is 44.7 Å².